The third-order valence-corrected chi connectivity index (χ3v) is 3.01. The van der Waals surface area contributed by atoms with Gasteiger partial charge in [0.25, 0.3) is 6.43 Å². The number of rotatable bonds is 1. The molecule has 0 saturated heterocycles. The van der Waals surface area contributed by atoms with Gasteiger partial charge in [0, 0.05) is 6.20 Å². The van der Waals surface area contributed by atoms with E-state index in [-0.39, 0.29) is 5.69 Å². The maximum absolute atomic E-state index is 12.2. The van der Waals surface area contributed by atoms with E-state index in [1.807, 2.05) is 0 Å². The number of pyridine rings is 1. The van der Waals surface area contributed by atoms with Crippen LogP contribution in [0.3, 0.4) is 0 Å². The van der Waals surface area contributed by atoms with E-state index >= 15 is 0 Å². The van der Waals surface area contributed by atoms with Gasteiger partial charge in [-0.3, -0.25) is 4.98 Å². The van der Waals surface area contributed by atoms with Gasteiger partial charge in [0.15, 0.2) is 0 Å². The van der Waals surface area contributed by atoms with Gasteiger partial charge in [-0.15, -0.1) is 0 Å². The molecule has 0 aromatic carbocycles. The molecule has 0 atom stereocenters. The minimum atomic E-state index is -2.58. The van der Waals surface area contributed by atoms with Gasteiger partial charge in [0.2, 0.25) is 0 Å². The van der Waals surface area contributed by atoms with Crippen LogP contribution in [0, 0.1) is 3.57 Å². The van der Waals surface area contributed by atoms with Crippen LogP contribution < -0.4 is 5.73 Å². The van der Waals surface area contributed by atoms with Crippen molar-refractivity contribution in [3.8, 4) is 0 Å². The zero-order valence-electron chi connectivity index (χ0n) is 5.69. The molecule has 0 spiro atoms. The lowest BCUT2D eigenvalue weighted by molar-refractivity contribution is 0.145. The fourth-order valence-corrected chi connectivity index (χ4v) is 1.98. The molecule has 1 rings (SSSR count). The Kier molecular flexibility index (Phi) is 3.22. The maximum atomic E-state index is 12.2. The van der Waals surface area contributed by atoms with E-state index < -0.39 is 6.43 Å². The minimum Gasteiger partial charge on any atom is -0.397 e. The Morgan fingerprint density at radius 3 is 2.67 bits per heavy atom. The normalized spacial score (nSPS) is 10.8. The molecular formula is C6H4BrF2IN2. The summed E-state index contributed by atoms with van der Waals surface area (Å²) in [5, 5.41) is 0. The van der Waals surface area contributed by atoms with E-state index in [2.05, 4.69) is 20.9 Å². The Morgan fingerprint density at radius 2 is 2.17 bits per heavy atom. The number of alkyl halides is 2. The largest absolute Gasteiger partial charge is 0.397 e. The summed E-state index contributed by atoms with van der Waals surface area (Å²) in [6.07, 6.45) is -1.30. The first-order valence-electron chi connectivity index (χ1n) is 2.91. The van der Waals surface area contributed by atoms with Crippen LogP contribution in [0.15, 0.2) is 10.7 Å². The number of nitrogens with zero attached hydrogens (tertiary/aromatic N) is 1. The zero-order valence-corrected chi connectivity index (χ0v) is 9.43. The third-order valence-electron chi connectivity index (χ3n) is 1.24. The van der Waals surface area contributed by atoms with Crippen molar-refractivity contribution in [3.05, 3.63) is 19.9 Å². The average Bonchev–Trinajstić information content (AvgIpc) is 2.00. The van der Waals surface area contributed by atoms with Crippen LogP contribution in [-0.2, 0) is 0 Å². The van der Waals surface area contributed by atoms with Crippen molar-refractivity contribution in [3.63, 3.8) is 0 Å². The van der Waals surface area contributed by atoms with Gasteiger partial charge in [0.1, 0.15) is 5.69 Å². The van der Waals surface area contributed by atoms with Crippen molar-refractivity contribution < 1.29 is 8.78 Å². The van der Waals surface area contributed by atoms with Crippen LogP contribution in [0.1, 0.15) is 12.1 Å². The molecule has 0 amide bonds. The van der Waals surface area contributed by atoms with Crippen molar-refractivity contribution >= 4 is 44.2 Å². The summed E-state index contributed by atoms with van der Waals surface area (Å²) in [5.41, 5.74) is 5.53. The van der Waals surface area contributed by atoms with Crippen LogP contribution in [0.4, 0.5) is 14.5 Å². The number of anilines is 1. The highest BCUT2D eigenvalue weighted by atomic mass is 127. The topological polar surface area (TPSA) is 38.9 Å². The van der Waals surface area contributed by atoms with Gasteiger partial charge in [-0.25, -0.2) is 8.78 Å². The van der Waals surface area contributed by atoms with Gasteiger partial charge in [-0.05, 0) is 38.5 Å². The summed E-state index contributed by atoms with van der Waals surface area (Å²) >= 11 is 4.84. The lowest BCUT2D eigenvalue weighted by atomic mass is 10.3. The van der Waals surface area contributed by atoms with E-state index in [0.717, 1.165) is 0 Å². The Bertz CT molecular complexity index is 306. The Labute approximate surface area is 89.8 Å². The van der Waals surface area contributed by atoms with E-state index in [4.69, 9.17) is 5.73 Å². The average molecular weight is 349 g/mol. The van der Waals surface area contributed by atoms with E-state index in [1.54, 1.807) is 22.6 Å². The molecule has 0 aliphatic rings. The van der Waals surface area contributed by atoms with E-state index in [9.17, 15) is 8.78 Å². The fourth-order valence-electron chi connectivity index (χ4n) is 0.647. The van der Waals surface area contributed by atoms with Gasteiger partial charge in [0.05, 0.1) is 13.7 Å². The van der Waals surface area contributed by atoms with E-state index in [1.165, 1.54) is 6.20 Å². The molecule has 0 bridgehead atoms. The molecule has 2 nitrogen and oxygen atoms in total. The van der Waals surface area contributed by atoms with Crippen LogP contribution in [0.5, 0.6) is 0 Å². The van der Waals surface area contributed by atoms with Crippen LogP contribution >= 0.6 is 38.5 Å². The molecule has 1 aromatic heterocycles. The highest BCUT2D eigenvalue weighted by Crippen LogP contribution is 2.30. The molecular weight excluding hydrogens is 345 g/mol. The summed E-state index contributed by atoms with van der Waals surface area (Å²) in [5.74, 6) is 0. The SMILES string of the molecule is Nc1c(Br)cnc(C(F)F)c1I. The summed E-state index contributed by atoms with van der Waals surface area (Å²) in [7, 11) is 0. The maximum Gasteiger partial charge on any atom is 0.281 e. The second kappa shape index (κ2) is 3.82. The number of aromatic nitrogens is 1. The first-order chi connectivity index (χ1) is 5.54. The van der Waals surface area contributed by atoms with Crippen LogP contribution in [0.2, 0.25) is 0 Å². The Balaban J connectivity index is 3.27. The highest BCUT2D eigenvalue weighted by molar-refractivity contribution is 14.1. The summed E-state index contributed by atoms with van der Waals surface area (Å²) in [6.45, 7) is 0. The number of halogens is 4. The monoisotopic (exact) mass is 348 g/mol. The molecule has 0 unspecified atom stereocenters. The lowest BCUT2D eigenvalue weighted by Crippen LogP contribution is -2.00. The molecule has 0 radical (unpaired) electrons. The van der Waals surface area contributed by atoms with Crippen molar-refractivity contribution in [1.82, 2.24) is 4.98 Å². The first-order valence-corrected chi connectivity index (χ1v) is 4.78. The zero-order chi connectivity index (χ0) is 9.30. The smallest absolute Gasteiger partial charge is 0.281 e. The molecule has 66 valence electrons. The quantitative estimate of drug-likeness (QED) is 0.792. The molecule has 1 aromatic rings. The van der Waals surface area contributed by atoms with Crippen molar-refractivity contribution in [2.75, 3.05) is 5.73 Å². The van der Waals surface area contributed by atoms with E-state index in [0.29, 0.717) is 13.7 Å². The second-order valence-corrected chi connectivity index (χ2v) is 3.95. The molecule has 1 heterocycles. The number of hydrogen-bond acceptors (Lipinski definition) is 2. The molecule has 0 fully saturated rings. The number of nitrogen functional groups attached to an aromatic ring is 1. The predicted molar refractivity (Wildman–Crippen MR) is 54.0 cm³/mol. The molecule has 12 heavy (non-hydrogen) atoms. The van der Waals surface area contributed by atoms with Crippen molar-refractivity contribution in [2.45, 2.75) is 6.43 Å². The van der Waals surface area contributed by atoms with Gasteiger partial charge in [-0.2, -0.15) is 0 Å². The Hall–Kier alpha value is 0.0200. The minimum absolute atomic E-state index is 0.267. The van der Waals surface area contributed by atoms with Crippen molar-refractivity contribution in [1.29, 1.82) is 0 Å². The number of nitrogens with two attached hydrogens (primary N) is 1. The van der Waals surface area contributed by atoms with Crippen LogP contribution in [-0.4, -0.2) is 4.98 Å². The standard InChI is InChI=1S/C6H4BrF2IN2/c7-2-1-12-5(6(8)9)3(10)4(2)11/h1,6H,(H2,11,12). The predicted octanol–water partition coefficient (Wildman–Crippen LogP) is 2.97. The summed E-state index contributed by atoms with van der Waals surface area (Å²) in [4.78, 5) is 3.55. The lowest BCUT2D eigenvalue weighted by Gasteiger charge is -2.05. The van der Waals surface area contributed by atoms with Crippen molar-refractivity contribution in [2.24, 2.45) is 0 Å². The first kappa shape index (κ1) is 10.1. The third kappa shape index (κ3) is 1.85. The van der Waals surface area contributed by atoms with Gasteiger partial charge >= 0.3 is 0 Å². The van der Waals surface area contributed by atoms with Gasteiger partial charge < -0.3 is 5.73 Å². The summed E-state index contributed by atoms with van der Waals surface area (Å²) < 4.78 is 25.2. The number of hydrogen-bond donors (Lipinski definition) is 1. The van der Waals surface area contributed by atoms with Crippen LogP contribution in [0.25, 0.3) is 0 Å². The van der Waals surface area contributed by atoms with Gasteiger partial charge in [-0.1, -0.05) is 0 Å². The highest BCUT2D eigenvalue weighted by Gasteiger charge is 2.16. The molecule has 0 aliphatic heterocycles. The second-order valence-electron chi connectivity index (χ2n) is 2.02. The molecule has 0 aliphatic carbocycles. The molecule has 6 heteroatoms. The molecule has 2 N–H and O–H groups in total. The Morgan fingerprint density at radius 1 is 1.58 bits per heavy atom. The fraction of sp³-hybridized carbons (Fsp3) is 0.167. The summed E-state index contributed by atoms with van der Waals surface area (Å²) in [6, 6.07) is 0. The molecule has 0 saturated carbocycles.